The Morgan fingerprint density at radius 2 is 1.70 bits per heavy atom. The third kappa shape index (κ3) is 7.29. The van der Waals surface area contributed by atoms with Crippen LogP contribution in [0.4, 0.5) is 0 Å². The van der Waals surface area contributed by atoms with Gasteiger partial charge in [-0.05, 0) is 43.0 Å². The number of methoxy groups -OCH3 is 1. The Bertz CT molecular complexity index is 689. The zero-order chi connectivity index (χ0) is 20.0. The molecule has 0 radical (unpaired) electrons. The first-order chi connectivity index (χ1) is 12.1. The first kappa shape index (κ1) is 25.6. The molecule has 0 saturated heterocycles. The van der Waals surface area contributed by atoms with Crippen LogP contribution in [0.1, 0.15) is 40.5 Å². The Morgan fingerprint density at radius 3 is 2.11 bits per heavy atom. The highest BCUT2D eigenvalue weighted by Crippen LogP contribution is 2.17. The minimum Gasteiger partial charge on any atom is -0.497 e. The molecule has 7 nitrogen and oxygen atoms in total. The first-order valence-electron chi connectivity index (χ1n) is 8.81. The van der Waals surface area contributed by atoms with Crippen molar-refractivity contribution >= 4 is 28.3 Å². The van der Waals surface area contributed by atoms with Gasteiger partial charge in [0.25, 0.3) is 0 Å². The Labute approximate surface area is 168 Å². The number of ether oxygens (including phenoxy) is 1. The van der Waals surface area contributed by atoms with E-state index in [0.29, 0.717) is 25.1 Å². The summed E-state index contributed by atoms with van der Waals surface area (Å²) < 4.78 is 32.7. The summed E-state index contributed by atoms with van der Waals surface area (Å²) in [5, 5.41) is 2.79. The molecule has 1 aromatic rings. The molecule has 0 fully saturated rings. The molecule has 1 atom stereocenters. The van der Waals surface area contributed by atoms with E-state index >= 15 is 0 Å². The molecule has 0 aromatic heterocycles. The van der Waals surface area contributed by atoms with E-state index < -0.39 is 21.6 Å². The van der Waals surface area contributed by atoms with Crippen molar-refractivity contribution in [3.8, 4) is 5.75 Å². The molecule has 1 aromatic carbocycles. The molecule has 1 unspecified atom stereocenters. The van der Waals surface area contributed by atoms with Crippen LogP contribution in [-0.2, 0) is 14.8 Å². The summed E-state index contributed by atoms with van der Waals surface area (Å²) in [7, 11) is -2.33. The molecule has 0 heterocycles. The average Bonchev–Trinajstić information content (AvgIpc) is 2.63. The molecule has 156 valence electrons. The second-order valence-electron chi connectivity index (χ2n) is 6.81. The van der Waals surface area contributed by atoms with Crippen molar-refractivity contribution in [2.24, 2.45) is 11.7 Å². The second kappa shape index (κ2) is 10.8. The van der Waals surface area contributed by atoms with Crippen molar-refractivity contribution in [1.29, 1.82) is 0 Å². The molecule has 1 amide bonds. The van der Waals surface area contributed by atoms with Crippen molar-refractivity contribution in [2.45, 2.75) is 57.0 Å². The summed E-state index contributed by atoms with van der Waals surface area (Å²) in [6.07, 6.45) is 1.43. The molecule has 9 heteroatoms. The zero-order valence-electron chi connectivity index (χ0n) is 16.6. The van der Waals surface area contributed by atoms with Gasteiger partial charge in [0.05, 0.1) is 12.0 Å². The minimum absolute atomic E-state index is 0. The number of amides is 1. The number of halogens is 1. The lowest BCUT2D eigenvalue weighted by Crippen LogP contribution is -2.55. The fraction of sp³-hybridized carbons (Fsp3) is 0.611. The average molecular weight is 422 g/mol. The van der Waals surface area contributed by atoms with Crippen LogP contribution in [0.15, 0.2) is 29.2 Å². The number of nitrogens with one attached hydrogen (secondary N) is 2. The monoisotopic (exact) mass is 421 g/mol. The third-order valence-corrected chi connectivity index (χ3v) is 6.08. The SMILES string of the molecule is CCC(N)(CC)CNC(=O)C(NS(=O)(=O)c1ccc(OC)cc1)C(C)C.Cl. The van der Waals surface area contributed by atoms with Gasteiger partial charge in [-0.2, -0.15) is 4.72 Å². The van der Waals surface area contributed by atoms with Crippen molar-refractivity contribution in [3.63, 3.8) is 0 Å². The van der Waals surface area contributed by atoms with Crippen molar-refractivity contribution in [1.82, 2.24) is 10.0 Å². The second-order valence-corrected chi connectivity index (χ2v) is 8.52. The molecule has 4 N–H and O–H groups in total. The molecule has 1 rings (SSSR count). The van der Waals surface area contributed by atoms with Crippen LogP contribution in [0.3, 0.4) is 0 Å². The maximum Gasteiger partial charge on any atom is 0.241 e. The largest absolute Gasteiger partial charge is 0.497 e. The van der Waals surface area contributed by atoms with Gasteiger partial charge in [0.2, 0.25) is 15.9 Å². The lowest BCUT2D eigenvalue weighted by molar-refractivity contribution is -0.123. The molecule has 27 heavy (non-hydrogen) atoms. The molecular formula is C18H32ClN3O4S. The number of rotatable bonds is 10. The van der Waals surface area contributed by atoms with Gasteiger partial charge in [-0.25, -0.2) is 8.42 Å². The Balaban J connectivity index is 0.00000676. The smallest absolute Gasteiger partial charge is 0.241 e. The van der Waals surface area contributed by atoms with E-state index in [9.17, 15) is 13.2 Å². The van der Waals surface area contributed by atoms with Crippen LogP contribution in [-0.4, -0.2) is 39.6 Å². The Morgan fingerprint density at radius 1 is 1.19 bits per heavy atom. The summed E-state index contributed by atoms with van der Waals surface area (Å²) in [5.74, 6) is -0.0483. The Kier molecular flexibility index (Phi) is 10.3. The van der Waals surface area contributed by atoms with Crippen LogP contribution < -0.4 is 20.5 Å². The molecule has 0 aliphatic heterocycles. The van der Waals surface area contributed by atoms with Crippen LogP contribution in [0.2, 0.25) is 0 Å². The molecule has 0 saturated carbocycles. The Hall–Kier alpha value is -1.35. The lowest BCUT2D eigenvalue weighted by atomic mass is 9.94. The van der Waals surface area contributed by atoms with Crippen LogP contribution in [0, 0.1) is 5.92 Å². The van der Waals surface area contributed by atoms with Gasteiger partial charge in [-0.3, -0.25) is 4.79 Å². The number of hydrogen-bond acceptors (Lipinski definition) is 5. The number of carbonyl (C=O) groups excluding carboxylic acids is 1. The maximum absolute atomic E-state index is 12.6. The van der Waals surface area contributed by atoms with Crippen LogP contribution in [0.5, 0.6) is 5.75 Å². The minimum atomic E-state index is -3.84. The highest BCUT2D eigenvalue weighted by molar-refractivity contribution is 7.89. The number of sulfonamides is 1. The summed E-state index contributed by atoms with van der Waals surface area (Å²) in [6, 6.07) is 5.11. The highest BCUT2D eigenvalue weighted by Gasteiger charge is 2.30. The van der Waals surface area contributed by atoms with Gasteiger partial charge < -0.3 is 15.8 Å². The van der Waals surface area contributed by atoms with Crippen molar-refractivity contribution < 1.29 is 17.9 Å². The third-order valence-electron chi connectivity index (χ3n) is 4.62. The summed E-state index contributed by atoms with van der Waals surface area (Å²) in [5.41, 5.74) is 5.71. The van der Waals surface area contributed by atoms with Gasteiger partial charge in [0, 0.05) is 12.1 Å². The van der Waals surface area contributed by atoms with Crippen LogP contribution >= 0.6 is 12.4 Å². The molecule has 0 aliphatic rings. The van der Waals surface area contributed by atoms with Gasteiger partial charge in [-0.1, -0.05) is 27.7 Å². The summed E-state index contributed by atoms with van der Waals surface area (Å²) in [4.78, 5) is 12.6. The van der Waals surface area contributed by atoms with E-state index in [1.807, 2.05) is 13.8 Å². The van der Waals surface area contributed by atoms with E-state index in [4.69, 9.17) is 10.5 Å². The van der Waals surface area contributed by atoms with Gasteiger partial charge >= 0.3 is 0 Å². The standard InChI is InChI=1S/C18H31N3O4S.ClH/c1-6-18(19,7-2)12-20-17(22)16(13(3)4)21-26(23,24)15-10-8-14(25-5)9-11-15;/h8-11,13,16,21H,6-7,12,19H2,1-5H3,(H,20,22);1H. The quantitative estimate of drug-likeness (QED) is 0.535. The molecule has 0 spiro atoms. The number of nitrogens with two attached hydrogens (primary N) is 1. The van der Waals surface area contributed by atoms with E-state index in [2.05, 4.69) is 10.0 Å². The molecule has 0 bridgehead atoms. The predicted octanol–water partition coefficient (Wildman–Crippen LogP) is 2.05. The van der Waals surface area contributed by atoms with Crippen LogP contribution in [0.25, 0.3) is 0 Å². The van der Waals surface area contributed by atoms with Crippen molar-refractivity contribution in [3.05, 3.63) is 24.3 Å². The first-order valence-corrected chi connectivity index (χ1v) is 10.3. The number of carbonyl (C=O) groups is 1. The van der Waals surface area contributed by atoms with E-state index in [1.165, 1.54) is 19.2 Å². The maximum atomic E-state index is 12.6. The predicted molar refractivity (Wildman–Crippen MR) is 110 cm³/mol. The van der Waals surface area contributed by atoms with E-state index in [-0.39, 0.29) is 29.1 Å². The lowest BCUT2D eigenvalue weighted by Gasteiger charge is -2.29. The van der Waals surface area contributed by atoms with Gasteiger partial charge in [-0.15, -0.1) is 12.4 Å². The van der Waals surface area contributed by atoms with Gasteiger partial charge in [0.15, 0.2) is 0 Å². The van der Waals surface area contributed by atoms with E-state index in [1.54, 1.807) is 26.0 Å². The molecule has 0 aliphatic carbocycles. The number of benzene rings is 1. The summed E-state index contributed by atoms with van der Waals surface area (Å²) in [6.45, 7) is 7.79. The zero-order valence-corrected chi connectivity index (χ0v) is 18.2. The number of hydrogen-bond donors (Lipinski definition) is 3. The highest BCUT2D eigenvalue weighted by atomic mass is 35.5. The normalized spacial score (nSPS) is 13.0. The van der Waals surface area contributed by atoms with Crippen molar-refractivity contribution in [2.75, 3.05) is 13.7 Å². The fourth-order valence-electron chi connectivity index (χ4n) is 2.36. The fourth-order valence-corrected chi connectivity index (χ4v) is 3.70. The molecular weight excluding hydrogens is 390 g/mol. The summed E-state index contributed by atoms with van der Waals surface area (Å²) >= 11 is 0. The van der Waals surface area contributed by atoms with E-state index in [0.717, 1.165) is 0 Å². The topological polar surface area (TPSA) is 111 Å². The van der Waals surface area contributed by atoms with Gasteiger partial charge in [0.1, 0.15) is 11.8 Å².